The number of rotatable bonds is 2. The number of halogens is 1. The van der Waals surface area contributed by atoms with Crippen LogP contribution in [0, 0.1) is 3.57 Å². The molecular formula is C16H17IN3O+. The topological polar surface area (TPSA) is 37.7 Å². The van der Waals surface area contributed by atoms with Gasteiger partial charge in [0.05, 0.1) is 19.3 Å². The fraction of sp³-hybridized carbons (Fsp3) is 0.250. The quantitative estimate of drug-likeness (QED) is 0.732. The number of H-pyrrole nitrogens is 1. The monoisotopic (exact) mass is 394 g/mol. The van der Waals surface area contributed by atoms with Crippen LogP contribution in [0.4, 0.5) is 5.82 Å². The standard InChI is InChI=1S/C16H16IN3O/c17-14-5-3-4-13(12-14)16(21)20-10-8-19(9-11-20)15-6-1-2-7-18-15/h1-7,12H,8-11H2/p+1. The highest BCUT2D eigenvalue weighted by Crippen LogP contribution is 2.14. The third kappa shape index (κ3) is 3.34. The highest BCUT2D eigenvalue weighted by Gasteiger charge is 2.26. The second-order valence-corrected chi connectivity index (χ2v) is 6.28. The van der Waals surface area contributed by atoms with Crippen molar-refractivity contribution in [2.45, 2.75) is 0 Å². The van der Waals surface area contributed by atoms with Gasteiger partial charge in [-0.3, -0.25) is 9.69 Å². The zero-order chi connectivity index (χ0) is 14.7. The van der Waals surface area contributed by atoms with Gasteiger partial charge in [-0.25, -0.2) is 4.98 Å². The van der Waals surface area contributed by atoms with Crippen molar-refractivity contribution in [2.24, 2.45) is 0 Å². The number of amides is 1. The maximum atomic E-state index is 12.5. The Morgan fingerprint density at radius 1 is 1.05 bits per heavy atom. The number of aromatic nitrogens is 1. The van der Waals surface area contributed by atoms with E-state index in [4.69, 9.17) is 0 Å². The summed E-state index contributed by atoms with van der Waals surface area (Å²) in [4.78, 5) is 19.9. The summed E-state index contributed by atoms with van der Waals surface area (Å²) in [6, 6.07) is 13.8. The van der Waals surface area contributed by atoms with Crippen molar-refractivity contribution < 1.29 is 9.78 Å². The molecule has 4 nitrogen and oxygen atoms in total. The van der Waals surface area contributed by atoms with E-state index in [0.29, 0.717) is 0 Å². The molecule has 0 atom stereocenters. The fourth-order valence-corrected chi connectivity index (χ4v) is 3.08. The number of hydrogen-bond donors (Lipinski definition) is 0. The molecule has 2 heterocycles. The first kappa shape index (κ1) is 14.3. The van der Waals surface area contributed by atoms with Crippen LogP contribution < -0.4 is 9.88 Å². The van der Waals surface area contributed by atoms with Gasteiger partial charge in [-0.1, -0.05) is 12.1 Å². The van der Waals surface area contributed by atoms with E-state index < -0.39 is 0 Å². The van der Waals surface area contributed by atoms with E-state index in [1.165, 1.54) is 0 Å². The van der Waals surface area contributed by atoms with Crippen LogP contribution in [0.5, 0.6) is 0 Å². The average Bonchev–Trinajstić information content (AvgIpc) is 2.55. The van der Waals surface area contributed by atoms with Crippen LogP contribution in [-0.2, 0) is 0 Å². The maximum absolute atomic E-state index is 12.5. The molecule has 1 saturated heterocycles. The molecule has 1 aliphatic heterocycles. The number of carbonyl (C=O) groups excluding carboxylic acids is 1. The second-order valence-electron chi connectivity index (χ2n) is 5.04. The summed E-state index contributed by atoms with van der Waals surface area (Å²) in [5.41, 5.74) is 0.779. The SMILES string of the molecule is O=C(c1cccc(I)c1)N1CCN(c2cccc[nH+]2)CC1. The van der Waals surface area contributed by atoms with Gasteiger partial charge in [0, 0.05) is 15.2 Å². The molecule has 0 aliphatic carbocycles. The van der Waals surface area contributed by atoms with Crippen LogP contribution in [0.15, 0.2) is 48.7 Å². The minimum Gasteiger partial charge on any atom is -0.331 e. The number of benzene rings is 1. The van der Waals surface area contributed by atoms with Gasteiger partial charge in [-0.15, -0.1) is 0 Å². The summed E-state index contributed by atoms with van der Waals surface area (Å²) in [5.74, 6) is 1.24. The lowest BCUT2D eigenvalue weighted by atomic mass is 10.2. The molecule has 1 fully saturated rings. The summed E-state index contributed by atoms with van der Waals surface area (Å²) in [5, 5.41) is 0. The third-order valence-electron chi connectivity index (χ3n) is 3.67. The predicted molar refractivity (Wildman–Crippen MR) is 90.3 cm³/mol. The van der Waals surface area contributed by atoms with Gasteiger partial charge in [0.2, 0.25) is 0 Å². The first-order valence-corrected chi connectivity index (χ1v) is 8.08. The number of pyridine rings is 1. The lowest BCUT2D eigenvalue weighted by Crippen LogP contribution is -2.50. The fourth-order valence-electron chi connectivity index (χ4n) is 2.54. The number of carbonyl (C=O) groups is 1. The molecule has 108 valence electrons. The van der Waals surface area contributed by atoms with Crippen LogP contribution in [0.2, 0.25) is 0 Å². The minimum absolute atomic E-state index is 0.130. The molecule has 2 aromatic rings. The predicted octanol–water partition coefficient (Wildman–Crippen LogP) is 2.07. The molecule has 5 heteroatoms. The molecule has 1 N–H and O–H groups in total. The lowest BCUT2D eigenvalue weighted by Gasteiger charge is -2.31. The van der Waals surface area contributed by atoms with Gasteiger partial charge in [0.15, 0.2) is 0 Å². The van der Waals surface area contributed by atoms with Crippen LogP contribution in [0.1, 0.15) is 10.4 Å². The smallest absolute Gasteiger partial charge is 0.274 e. The van der Waals surface area contributed by atoms with Crippen LogP contribution in [0.25, 0.3) is 0 Å². The molecule has 0 unspecified atom stereocenters. The van der Waals surface area contributed by atoms with Crippen molar-refractivity contribution >= 4 is 34.3 Å². The lowest BCUT2D eigenvalue weighted by molar-refractivity contribution is -0.364. The number of anilines is 1. The zero-order valence-corrected chi connectivity index (χ0v) is 13.8. The zero-order valence-electron chi connectivity index (χ0n) is 11.6. The summed E-state index contributed by atoms with van der Waals surface area (Å²) in [6.45, 7) is 3.23. The van der Waals surface area contributed by atoms with Gasteiger partial charge in [0.1, 0.15) is 13.1 Å². The molecule has 1 aliphatic rings. The Kier molecular flexibility index (Phi) is 4.38. The Hall–Kier alpha value is -1.63. The number of piperazine rings is 1. The van der Waals surface area contributed by atoms with Crippen molar-refractivity contribution in [1.29, 1.82) is 0 Å². The van der Waals surface area contributed by atoms with E-state index in [1.54, 1.807) is 0 Å². The minimum atomic E-state index is 0.130. The van der Waals surface area contributed by atoms with Crippen LogP contribution in [0.3, 0.4) is 0 Å². The molecule has 21 heavy (non-hydrogen) atoms. The maximum Gasteiger partial charge on any atom is 0.274 e. The molecule has 0 saturated carbocycles. The van der Waals surface area contributed by atoms with Crippen LogP contribution >= 0.6 is 22.6 Å². The third-order valence-corrected chi connectivity index (χ3v) is 4.34. The van der Waals surface area contributed by atoms with Gasteiger partial charge in [-0.2, -0.15) is 0 Å². The van der Waals surface area contributed by atoms with E-state index in [0.717, 1.165) is 41.1 Å². The van der Waals surface area contributed by atoms with Crippen LogP contribution in [-0.4, -0.2) is 37.0 Å². The molecule has 0 radical (unpaired) electrons. The average molecular weight is 394 g/mol. The molecule has 1 amide bonds. The Morgan fingerprint density at radius 2 is 1.86 bits per heavy atom. The summed E-state index contributed by atoms with van der Waals surface area (Å²) < 4.78 is 1.09. The summed E-state index contributed by atoms with van der Waals surface area (Å²) >= 11 is 2.24. The highest BCUT2D eigenvalue weighted by molar-refractivity contribution is 14.1. The van der Waals surface area contributed by atoms with E-state index in [-0.39, 0.29) is 5.91 Å². The number of aromatic amines is 1. The largest absolute Gasteiger partial charge is 0.331 e. The van der Waals surface area contributed by atoms with E-state index in [9.17, 15) is 4.79 Å². The summed E-state index contributed by atoms with van der Waals surface area (Å²) in [6.07, 6.45) is 1.93. The Labute approximate surface area is 137 Å². The van der Waals surface area contributed by atoms with Gasteiger partial charge in [0.25, 0.3) is 11.7 Å². The van der Waals surface area contributed by atoms with Crippen molar-refractivity contribution in [3.8, 4) is 0 Å². The van der Waals surface area contributed by atoms with E-state index in [2.05, 4.69) is 38.5 Å². The first-order chi connectivity index (χ1) is 10.2. The Bertz CT molecular complexity index is 624. The van der Waals surface area contributed by atoms with Crippen molar-refractivity contribution in [3.05, 3.63) is 57.8 Å². The van der Waals surface area contributed by atoms with Crippen molar-refractivity contribution in [3.63, 3.8) is 0 Å². The molecular weight excluding hydrogens is 377 g/mol. The van der Waals surface area contributed by atoms with E-state index >= 15 is 0 Å². The van der Waals surface area contributed by atoms with Gasteiger partial charge in [-0.05, 0) is 46.9 Å². The molecule has 0 spiro atoms. The molecule has 1 aromatic heterocycles. The summed E-state index contributed by atoms with van der Waals surface area (Å²) in [7, 11) is 0. The van der Waals surface area contributed by atoms with E-state index in [1.807, 2.05) is 47.5 Å². The van der Waals surface area contributed by atoms with Gasteiger partial charge < -0.3 is 4.90 Å². The van der Waals surface area contributed by atoms with Gasteiger partial charge >= 0.3 is 0 Å². The Balaban J connectivity index is 1.64. The number of nitrogens with zero attached hydrogens (tertiary/aromatic N) is 2. The Morgan fingerprint density at radius 3 is 2.52 bits per heavy atom. The first-order valence-electron chi connectivity index (χ1n) is 7.00. The van der Waals surface area contributed by atoms with Crippen molar-refractivity contribution in [1.82, 2.24) is 4.90 Å². The van der Waals surface area contributed by atoms with Crippen molar-refractivity contribution in [2.75, 3.05) is 31.1 Å². The molecule has 0 bridgehead atoms. The normalized spacial score (nSPS) is 15.1. The number of nitrogens with one attached hydrogen (secondary N) is 1. The second kappa shape index (κ2) is 6.43. The molecule has 1 aromatic carbocycles. The number of hydrogen-bond acceptors (Lipinski definition) is 2. The molecule has 3 rings (SSSR count). The highest BCUT2D eigenvalue weighted by atomic mass is 127.